The molecule has 3 nitrogen and oxygen atoms in total. The van der Waals surface area contributed by atoms with E-state index in [-0.39, 0.29) is 5.91 Å². The lowest BCUT2D eigenvalue weighted by atomic mass is 9.81. The molecule has 0 aromatic carbocycles. The summed E-state index contributed by atoms with van der Waals surface area (Å²) in [6.07, 6.45) is 7.74. The molecule has 0 aliphatic heterocycles. The van der Waals surface area contributed by atoms with E-state index in [9.17, 15) is 4.79 Å². The Hall–Kier alpha value is -0.290. The zero-order valence-electron chi connectivity index (χ0n) is 9.75. The highest BCUT2D eigenvalue weighted by atomic mass is 32.2. The van der Waals surface area contributed by atoms with Gasteiger partial charge in [-0.1, -0.05) is 31.5 Å². The lowest BCUT2D eigenvalue weighted by Gasteiger charge is -2.37. The largest absolute Gasteiger partial charge is 0.391 e. The second-order valence-electron chi connectivity index (χ2n) is 4.30. The number of nitrogens with one attached hydrogen (secondary N) is 1. The number of carbonyl (C=O) groups is 1. The van der Waals surface area contributed by atoms with Gasteiger partial charge in [-0.15, -0.1) is 0 Å². The van der Waals surface area contributed by atoms with Crippen LogP contribution in [0.5, 0.6) is 0 Å². The van der Waals surface area contributed by atoms with Gasteiger partial charge in [0.1, 0.15) is 0 Å². The van der Waals surface area contributed by atoms with Gasteiger partial charge in [0, 0.05) is 12.2 Å². The molecule has 1 saturated carbocycles. The van der Waals surface area contributed by atoms with Crippen molar-refractivity contribution in [2.75, 3.05) is 12.0 Å². The van der Waals surface area contributed by atoms with Gasteiger partial charge in [-0.25, -0.2) is 0 Å². The van der Waals surface area contributed by atoms with E-state index < -0.39 is 5.54 Å². The Balaban J connectivity index is 2.56. The highest BCUT2D eigenvalue weighted by Crippen LogP contribution is 2.28. The first kappa shape index (κ1) is 13.8. The predicted molar refractivity (Wildman–Crippen MR) is 73.7 cm³/mol. The van der Waals surface area contributed by atoms with Crippen LogP contribution in [0.25, 0.3) is 0 Å². The van der Waals surface area contributed by atoms with Crippen molar-refractivity contribution < 1.29 is 4.79 Å². The van der Waals surface area contributed by atoms with Gasteiger partial charge in [0.15, 0.2) is 0 Å². The molecule has 1 fully saturated rings. The first-order chi connectivity index (χ1) is 7.60. The van der Waals surface area contributed by atoms with Crippen molar-refractivity contribution in [1.29, 1.82) is 0 Å². The number of nitrogens with two attached hydrogens (primary N) is 1. The maximum Gasteiger partial charge on any atom is 0.221 e. The van der Waals surface area contributed by atoms with Gasteiger partial charge in [-0.3, -0.25) is 4.79 Å². The van der Waals surface area contributed by atoms with Gasteiger partial charge in [0.25, 0.3) is 0 Å². The second-order valence-corrected chi connectivity index (χ2v) is 5.72. The Bertz CT molecular complexity index is 263. The van der Waals surface area contributed by atoms with Gasteiger partial charge in [0.2, 0.25) is 5.91 Å². The van der Waals surface area contributed by atoms with Crippen LogP contribution in [0.1, 0.15) is 38.5 Å². The van der Waals surface area contributed by atoms with E-state index in [0.29, 0.717) is 11.4 Å². The lowest BCUT2D eigenvalue weighted by molar-refractivity contribution is -0.122. The molecule has 1 aliphatic carbocycles. The number of carbonyl (C=O) groups excluding carboxylic acids is 1. The first-order valence-corrected chi connectivity index (χ1v) is 7.51. The molecule has 16 heavy (non-hydrogen) atoms. The minimum atomic E-state index is -0.400. The van der Waals surface area contributed by atoms with E-state index >= 15 is 0 Å². The molecule has 1 amide bonds. The summed E-state index contributed by atoms with van der Waals surface area (Å²) in [4.78, 5) is 12.2. The Morgan fingerprint density at radius 1 is 1.44 bits per heavy atom. The smallest absolute Gasteiger partial charge is 0.221 e. The van der Waals surface area contributed by atoms with E-state index in [1.807, 2.05) is 6.26 Å². The van der Waals surface area contributed by atoms with Gasteiger partial charge in [-0.2, -0.15) is 11.8 Å². The standard InChI is InChI=1S/C11H20N2OS2/c1-16-8-5-9(14)13-11(10(12)15)6-3-2-4-7-11/h2-8H2,1H3,(H2,12,15)(H,13,14). The van der Waals surface area contributed by atoms with Crippen LogP contribution in [0.3, 0.4) is 0 Å². The van der Waals surface area contributed by atoms with E-state index in [0.717, 1.165) is 31.4 Å². The maximum absolute atomic E-state index is 11.7. The van der Waals surface area contributed by atoms with Crippen LogP contribution in [-0.4, -0.2) is 28.4 Å². The zero-order valence-corrected chi connectivity index (χ0v) is 11.4. The SMILES string of the molecule is CSCCC(=O)NC1(C(N)=S)CCCCC1. The van der Waals surface area contributed by atoms with Crippen molar-refractivity contribution in [1.82, 2.24) is 5.32 Å². The van der Waals surface area contributed by atoms with E-state index in [1.54, 1.807) is 11.8 Å². The molecule has 0 atom stereocenters. The monoisotopic (exact) mass is 260 g/mol. The van der Waals surface area contributed by atoms with Crippen LogP contribution in [0.15, 0.2) is 0 Å². The molecule has 92 valence electrons. The third kappa shape index (κ3) is 3.63. The molecule has 0 heterocycles. The minimum absolute atomic E-state index is 0.0732. The van der Waals surface area contributed by atoms with Gasteiger partial charge in [0.05, 0.1) is 10.5 Å². The van der Waals surface area contributed by atoms with E-state index in [4.69, 9.17) is 18.0 Å². The summed E-state index contributed by atoms with van der Waals surface area (Å²) in [5.74, 6) is 0.920. The van der Waals surface area contributed by atoms with Crippen LogP contribution < -0.4 is 11.1 Å². The van der Waals surface area contributed by atoms with Crippen LogP contribution in [-0.2, 0) is 4.79 Å². The summed E-state index contributed by atoms with van der Waals surface area (Å²) in [6.45, 7) is 0. The molecule has 1 aliphatic rings. The number of thioether (sulfide) groups is 1. The molecule has 5 heteroatoms. The predicted octanol–water partition coefficient (Wildman–Crippen LogP) is 1.84. The number of hydrogen-bond acceptors (Lipinski definition) is 3. The first-order valence-electron chi connectivity index (χ1n) is 5.70. The third-order valence-corrected chi connectivity index (χ3v) is 4.09. The molecular formula is C11H20N2OS2. The zero-order chi connectivity index (χ0) is 12.0. The fourth-order valence-electron chi connectivity index (χ4n) is 2.11. The molecule has 0 radical (unpaired) electrons. The van der Waals surface area contributed by atoms with Crippen LogP contribution in [0.4, 0.5) is 0 Å². The van der Waals surface area contributed by atoms with Gasteiger partial charge >= 0.3 is 0 Å². The Morgan fingerprint density at radius 2 is 2.06 bits per heavy atom. The normalized spacial score (nSPS) is 19.1. The quantitative estimate of drug-likeness (QED) is 0.741. The molecular weight excluding hydrogens is 240 g/mol. The second kappa shape index (κ2) is 6.45. The fraction of sp³-hybridized carbons (Fsp3) is 0.818. The van der Waals surface area contributed by atoms with Crippen LogP contribution >= 0.6 is 24.0 Å². The summed E-state index contributed by atoms with van der Waals surface area (Å²) in [5.41, 5.74) is 5.39. The Morgan fingerprint density at radius 3 is 2.56 bits per heavy atom. The van der Waals surface area contributed by atoms with Crippen molar-refractivity contribution in [3.05, 3.63) is 0 Å². The van der Waals surface area contributed by atoms with E-state index in [1.165, 1.54) is 6.42 Å². The molecule has 0 spiro atoms. The minimum Gasteiger partial charge on any atom is -0.391 e. The summed E-state index contributed by atoms with van der Waals surface area (Å²) in [6, 6.07) is 0. The molecule has 1 rings (SSSR count). The average Bonchev–Trinajstić information content (AvgIpc) is 2.27. The van der Waals surface area contributed by atoms with Crippen molar-refractivity contribution >= 4 is 34.9 Å². The van der Waals surface area contributed by atoms with Crippen molar-refractivity contribution in [3.63, 3.8) is 0 Å². The Labute approximate surface area is 107 Å². The maximum atomic E-state index is 11.7. The molecule has 0 unspecified atom stereocenters. The molecule has 0 aromatic rings. The number of amides is 1. The van der Waals surface area contributed by atoms with Crippen molar-refractivity contribution in [2.24, 2.45) is 5.73 Å². The summed E-state index contributed by atoms with van der Waals surface area (Å²) >= 11 is 6.79. The Kier molecular flexibility index (Phi) is 5.55. The summed E-state index contributed by atoms with van der Waals surface area (Å²) in [7, 11) is 0. The van der Waals surface area contributed by atoms with Crippen LogP contribution in [0.2, 0.25) is 0 Å². The molecule has 0 bridgehead atoms. The molecule has 3 N–H and O–H groups in total. The summed E-state index contributed by atoms with van der Waals surface area (Å²) < 4.78 is 0. The number of thiocarbonyl (C=S) groups is 1. The molecule has 0 saturated heterocycles. The number of rotatable bonds is 5. The van der Waals surface area contributed by atoms with Crippen molar-refractivity contribution in [3.8, 4) is 0 Å². The highest BCUT2D eigenvalue weighted by Gasteiger charge is 2.36. The third-order valence-electron chi connectivity index (χ3n) is 3.09. The van der Waals surface area contributed by atoms with E-state index in [2.05, 4.69) is 5.32 Å². The molecule has 0 aromatic heterocycles. The topological polar surface area (TPSA) is 55.1 Å². The highest BCUT2D eigenvalue weighted by molar-refractivity contribution is 7.98. The van der Waals surface area contributed by atoms with Gasteiger partial charge in [-0.05, 0) is 19.1 Å². The fourth-order valence-corrected chi connectivity index (χ4v) is 2.76. The lowest BCUT2D eigenvalue weighted by Crippen LogP contribution is -2.57. The summed E-state index contributed by atoms with van der Waals surface area (Å²) in [5, 5.41) is 3.05. The average molecular weight is 260 g/mol. The van der Waals surface area contributed by atoms with Crippen LogP contribution in [0, 0.1) is 0 Å². The van der Waals surface area contributed by atoms with Crippen molar-refractivity contribution in [2.45, 2.75) is 44.1 Å². The van der Waals surface area contributed by atoms with Gasteiger partial charge < -0.3 is 11.1 Å². The number of hydrogen-bond donors (Lipinski definition) is 2.